The first-order chi connectivity index (χ1) is 14.5. The third kappa shape index (κ3) is 5.97. The number of amides is 1. The molecule has 3 aromatic rings. The molecule has 168 valence electrons. The van der Waals surface area contributed by atoms with E-state index in [9.17, 15) is 9.90 Å². The molecule has 0 bridgehead atoms. The Labute approximate surface area is 187 Å². The lowest BCUT2D eigenvalue weighted by Crippen LogP contribution is -2.47. The summed E-state index contributed by atoms with van der Waals surface area (Å²) in [7, 11) is -1.19. The number of nitrogens with zero attached hydrogens (tertiary/aromatic N) is 4. The maximum atomic E-state index is 13.0. The molecule has 8 nitrogen and oxygen atoms in total. The minimum Gasteiger partial charge on any atom is -0.388 e. The van der Waals surface area contributed by atoms with Crippen LogP contribution in [-0.2, 0) is 11.5 Å². The zero-order valence-corrected chi connectivity index (χ0v) is 20.8. The molecule has 0 aliphatic rings. The number of fused-ring (bicyclic) bond motifs is 1. The number of aliphatic hydroxyl groups is 1. The van der Waals surface area contributed by atoms with Crippen molar-refractivity contribution < 1.29 is 14.6 Å². The Hall–Kier alpha value is -2.14. The third-order valence-corrected chi connectivity index (χ3v) is 7.60. The Bertz CT molecular complexity index is 1040. The van der Waals surface area contributed by atoms with E-state index in [1.165, 1.54) is 11.3 Å². The Morgan fingerprint density at radius 3 is 2.71 bits per heavy atom. The summed E-state index contributed by atoms with van der Waals surface area (Å²) in [4.78, 5) is 26.6. The quantitative estimate of drug-likeness (QED) is 0.372. The van der Waals surface area contributed by atoms with Crippen molar-refractivity contribution in [2.45, 2.75) is 64.8 Å². The van der Waals surface area contributed by atoms with Crippen molar-refractivity contribution in [2.24, 2.45) is 0 Å². The number of rotatable bonds is 9. The second kappa shape index (κ2) is 9.15. The Balaban J connectivity index is 1.92. The summed E-state index contributed by atoms with van der Waals surface area (Å²) in [5.74, 6) is -0.314. The van der Waals surface area contributed by atoms with Crippen LogP contribution in [0.3, 0.4) is 0 Å². The standard InChI is InChI=1S/C21H31N5O3SSi/c1-14(21(2,3)28)24-19(27)15-12-26(13-29-8-10-31(4,5)6)18-17(15)25-16(11-23-18)20-22-7-9-30-20/h7,9,11-12,14,28H,8,10,13H2,1-6H3,(H,24,27)/t14-/m1/s1. The SMILES string of the molecule is C[C@@H](NC(=O)c1cn(COCC[Si](C)(C)C)c2ncc(-c3nccs3)nc12)C(C)(C)O. The van der Waals surface area contributed by atoms with Crippen LogP contribution < -0.4 is 5.32 Å². The average molecular weight is 462 g/mol. The number of ether oxygens (including phenoxy) is 1. The number of carbonyl (C=O) groups is 1. The van der Waals surface area contributed by atoms with Gasteiger partial charge in [0, 0.05) is 32.5 Å². The predicted molar refractivity (Wildman–Crippen MR) is 126 cm³/mol. The van der Waals surface area contributed by atoms with Crippen molar-refractivity contribution in [2.75, 3.05) is 6.61 Å². The summed E-state index contributed by atoms with van der Waals surface area (Å²) in [6.45, 7) is 13.0. The fourth-order valence-electron chi connectivity index (χ4n) is 2.76. The van der Waals surface area contributed by atoms with Gasteiger partial charge in [0.2, 0.25) is 0 Å². The smallest absolute Gasteiger partial charge is 0.255 e. The molecule has 1 amide bonds. The van der Waals surface area contributed by atoms with Crippen molar-refractivity contribution in [3.8, 4) is 10.7 Å². The van der Waals surface area contributed by atoms with Gasteiger partial charge < -0.3 is 19.7 Å². The number of hydrogen-bond donors (Lipinski definition) is 2. The number of nitrogens with one attached hydrogen (secondary N) is 1. The molecule has 0 aliphatic carbocycles. The fraction of sp³-hybridized carbons (Fsp3) is 0.524. The van der Waals surface area contributed by atoms with E-state index in [1.807, 2.05) is 9.95 Å². The van der Waals surface area contributed by atoms with Gasteiger partial charge in [-0.3, -0.25) is 4.79 Å². The summed E-state index contributed by atoms with van der Waals surface area (Å²) in [5.41, 5.74) is 1.03. The highest BCUT2D eigenvalue weighted by molar-refractivity contribution is 7.13. The van der Waals surface area contributed by atoms with Crippen LogP contribution in [-0.4, -0.2) is 56.9 Å². The molecule has 3 heterocycles. The van der Waals surface area contributed by atoms with Crippen LogP contribution in [0.1, 0.15) is 31.1 Å². The van der Waals surface area contributed by atoms with Crippen molar-refractivity contribution >= 4 is 36.5 Å². The van der Waals surface area contributed by atoms with Gasteiger partial charge in [0.25, 0.3) is 5.91 Å². The fourth-order valence-corrected chi connectivity index (χ4v) is 4.11. The first-order valence-corrected chi connectivity index (χ1v) is 14.9. The lowest BCUT2D eigenvalue weighted by atomic mass is 10.0. The van der Waals surface area contributed by atoms with Crippen molar-refractivity contribution in [3.63, 3.8) is 0 Å². The van der Waals surface area contributed by atoms with E-state index in [-0.39, 0.29) is 5.91 Å². The van der Waals surface area contributed by atoms with Crippen molar-refractivity contribution in [3.05, 3.63) is 29.5 Å². The van der Waals surface area contributed by atoms with Crippen molar-refractivity contribution in [1.29, 1.82) is 0 Å². The van der Waals surface area contributed by atoms with E-state index in [4.69, 9.17) is 4.74 Å². The zero-order valence-electron chi connectivity index (χ0n) is 19.0. The Morgan fingerprint density at radius 2 is 2.10 bits per heavy atom. The van der Waals surface area contributed by atoms with Crippen LogP contribution in [0, 0.1) is 0 Å². The lowest BCUT2D eigenvalue weighted by molar-refractivity contribution is 0.0409. The van der Waals surface area contributed by atoms with Crippen LogP contribution in [0.5, 0.6) is 0 Å². The van der Waals surface area contributed by atoms with Gasteiger partial charge in [-0.2, -0.15) is 0 Å². The van der Waals surface area contributed by atoms with Gasteiger partial charge in [0.05, 0.1) is 23.4 Å². The van der Waals surface area contributed by atoms with Gasteiger partial charge in [-0.15, -0.1) is 11.3 Å². The van der Waals surface area contributed by atoms with E-state index in [0.29, 0.717) is 35.8 Å². The summed E-state index contributed by atoms with van der Waals surface area (Å²) < 4.78 is 7.69. The Kier molecular flexibility index (Phi) is 6.94. The zero-order chi connectivity index (χ0) is 22.8. The van der Waals surface area contributed by atoms with Crippen LogP contribution >= 0.6 is 11.3 Å². The highest BCUT2D eigenvalue weighted by Gasteiger charge is 2.26. The molecule has 0 spiro atoms. The lowest BCUT2D eigenvalue weighted by Gasteiger charge is -2.26. The van der Waals surface area contributed by atoms with Crippen LogP contribution in [0.15, 0.2) is 24.0 Å². The molecular formula is C21H31N5O3SSi. The summed E-state index contributed by atoms with van der Waals surface area (Å²) in [5, 5.41) is 15.7. The van der Waals surface area contributed by atoms with Gasteiger partial charge in [0.1, 0.15) is 22.9 Å². The number of carbonyl (C=O) groups excluding carboxylic acids is 1. The summed E-state index contributed by atoms with van der Waals surface area (Å²) in [6, 6.07) is 0.615. The summed E-state index contributed by atoms with van der Waals surface area (Å²) in [6.07, 6.45) is 5.10. The molecule has 1 atom stereocenters. The predicted octanol–water partition coefficient (Wildman–Crippen LogP) is 3.76. The minimum absolute atomic E-state index is 0.292. The number of hydrogen-bond acceptors (Lipinski definition) is 7. The van der Waals surface area contributed by atoms with E-state index < -0.39 is 19.7 Å². The van der Waals surface area contributed by atoms with Gasteiger partial charge in [-0.05, 0) is 26.8 Å². The summed E-state index contributed by atoms with van der Waals surface area (Å²) >= 11 is 1.46. The van der Waals surface area contributed by atoms with Gasteiger partial charge in [-0.25, -0.2) is 15.0 Å². The molecule has 3 aromatic heterocycles. The van der Waals surface area contributed by atoms with Gasteiger partial charge in [-0.1, -0.05) is 19.6 Å². The molecule has 0 aliphatic heterocycles. The normalized spacial score (nSPS) is 13.5. The van der Waals surface area contributed by atoms with E-state index in [0.717, 1.165) is 11.1 Å². The minimum atomic E-state index is -1.19. The maximum absolute atomic E-state index is 13.0. The largest absolute Gasteiger partial charge is 0.388 e. The van der Waals surface area contributed by atoms with Gasteiger partial charge >= 0.3 is 0 Å². The molecule has 0 unspecified atom stereocenters. The highest BCUT2D eigenvalue weighted by atomic mass is 32.1. The van der Waals surface area contributed by atoms with E-state index in [2.05, 4.69) is 39.9 Å². The molecular weight excluding hydrogens is 430 g/mol. The molecule has 0 fully saturated rings. The third-order valence-electron chi connectivity index (χ3n) is 5.10. The number of aromatic nitrogens is 4. The number of thiazole rings is 1. The van der Waals surface area contributed by atoms with Crippen molar-refractivity contribution in [1.82, 2.24) is 24.8 Å². The highest BCUT2D eigenvalue weighted by Crippen LogP contribution is 2.25. The topological polar surface area (TPSA) is 102 Å². The Morgan fingerprint density at radius 1 is 1.35 bits per heavy atom. The van der Waals surface area contributed by atoms with Crippen LogP contribution in [0.4, 0.5) is 0 Å². The molecule has 0 radical (unpaired) electrons. The molecule has 10 heteroatoms. The molecule has 3 rings (SSSR count). The molecule has 31 heavy (non-hydrogen) atoms. The van der Waals surface area contributed by atoms with Crippen LogP contribution in [0.2, 0.25) is 25.7 Å². The van der Waals surface area contributed by atoms with Gasteiger partial charge in [0.15, 0.2) is 5.65 Å². The maximum Gasteiger partial charge on any atom is 0.255 e. The first kappa shape index (κ1) is 23.5. The van der Waals surface area contributed by atoms with E-state index in [1.54, 1.807) is 39.4 Å². The molecule has 0 saturated heterocycles. The molecule has 2 N–H and O–H groups in total. The molecule has 0 aromatic carbocycles. The van der Waals surface area contributed by atoms with Crippen LogP contribution in [0.25, 0.3) is 21.9 Å². The second-order valence-electron chi connectivity index (χ2n) is 9.47. The monoisotopic (exact) mass is 461 g/mol. The van der Waals surface area contributed by atoms with E-state index >= 15 is 0 Å². The average Bonchev–Trinajstić information content (AvgIpc) is 3.31. The second-order valence-corrected chi connectivity index (χ2v) is 16.0. The molecule has 0 saturated carbocycles. The first-order valence-electron chi connectivity index (χ1n) is 10.3.